The number of aliphatic hydroxyl groups excluding tert-OH is 1. The van der Waals surface area contributed by atoms with Crippen molar-refractivity contribution in [1.82, 2.24) is 0 Å². The molecule has 4 heteroatoms. The number of hydrogen-bond donors (Lipinski definition) is 1. The van der Waals surface area contributed by atoms with Crippen LogP contribution in [0.2, 0.25) is 0 Å². The molecule has 0 unspecified atom stereocenters. The van der Waals surface area contributed by atoms with Gasteiger partial charge in [-0.15, -0.1) is 0 Å². The average molecular weight is 238 g/mol. The molecule has 0 saturated heterocycles. The van der Waals surface area contributed by atoms with Gasteiger partial charge in [0.05, 0.1) is 6.33 Å². The normalized spacial score (nSPS) is 11.5. The Kier molecular flexibility index (Phi) is 24.9. The molecule has 0 fully saturated rings. The summed E-state index contributed by atoms with van der Waals surface area (Å²) in [6.07, 6.45) is 2.69. The fourth-order valence-electron chi connectivity index (χ4n) is 0.454. The molecule has 16 heavy (non-hydrogen) atoms. The van der Waals surface area contributed by atoms with Gasteiger partial charge in [-0.2, -0.15) is 0 Å². The Hall–Kier alpha value is -1.03. The Labute approximate surface area is 96.0 Å². The predicted molar refractivity (Wildman–Crippen MR) is 63.0 cm³/mol. The molecule has 0 aromatic rings. The monoisotopic (exact) mass is 238 g/mol. The molecule has 0 amide bonds. The van der Waals surface area contributed by atoms with E-state index >= 15 is 0 Å². The second-order valence-corrected chi connectivity index (χ2v) is 2.18. The van der Waals surface area contributed by atoms with E-state index < -0.39 is 5.83 Å². The Morgan fingerprint density at radius 1 is 1.06 bits per heavy atom. The van der Waals surface area contributed by atoms with Crippen molar-refractivity contribution in [3.05, 3.63) is 36.2 Å². The van der Waals surface area contributed by atoms with Crippen LogP contribution in [0.1, 0.15) is 34.1 Å². The van der Waals surface area contributed by atoms with Crippen LogP contribution in [0.4, 0.5) is 13.2 Å². The zero-order valence-electron chi connectivity index (χ0n) is 10.3. The third-order valence-corrected chi connectivity index (χ3v) is 1.11. The van der Waals surface area contributed by atoms with Gasteiger partial charge in [0, 0.05) is 6.61 Å². The maximum Gasteiger partial charge on any atom is 0.151 e. The highest BCUT2D eigenvalue weighted by Crippen LogP contribution is 2.06. The van der Waals surface area contributed by atoms with E-state index in [2.05, 4.69) is 0 Å². The van der Waals surface area contributed by atoms with E-state index in [9.17, 15) is 13.2 Å². The summed E-state index contributed by atoms with van der Waals surface area (Å²) in [7, 11) is 0. The van der Waals surface area contributed by atoms with Crippen LogP contribution < -0.4 is 0 Å². The van der Waals surface area contributed by atoms with Crippen molar-refractivity contribution in [3.63, 3.8) is 0 Å². The molecule has 1 nitrogen and oxygen atoms in total. The van der Waals surface area contributed by atoms with Gasteiger partial charge >= 0.3 is 0 Å². The Morgan fingerprint density at radius 2 is 1.50 bits per heavy atom. The smallest absolute Gasteiger partial charge is 0.151 e. The first-order valence-corrected chi connectivity index (χ1v) is 5.20. The van der Waals surface area contributed by atoms with Gasteiger partial charge in [-0.25, -0.2) is 13.2 Å². The third-order valence-electron chi connectivity index (χ3n) is 1.11. The molecule has 0 rings (SSSR count). The van der Waals surface area contributed by atoms with E-state index in [1.807, 2.05) is 13.8 Å². The lowest BCUT2D eigenvalue weighted by Crippen LogP contribution is -1.71. The molecular weight excluding hydrogens is 217 g/mol. The van der Waals surface area contributed by atoms with Gasteiger partial charge in [0.2, 0.25) is 0 Å². The number of rotatable bonds is 3. The molecule has 0 aliphatic rings. The maximum absolute atomic E-state index is 12.0. The van der Waals surface area contributed by atoms with Crippen molar-refractivity contribution in [1.29, 1.82) is 0 Å². The Balaban J connectivity index is -0.000000289. The van der Waals surface area contributed by atoms with E-state index in [4.69, 9.17) is 5.11 Å². The van der Waals surface area contributed by atoms with Gasteiger partial charge in [0.1, 0.15) is 6.33 Å². The van der Waals surface area contributed by atoms with E-state index in [-0.39, 0.29) is 12.9 Å². The third kappa shape index (κ3) is 18.7. The van der Waals surface area contributed by atoms with Gasteiger partial charge in [-0.05, 0) is 25.0 Å². The van der Waals surface area contributed by atoms with Crippen LogP contribution in [0, 0.1) is 0 Å². The number of aliphatic hydroxyl groups is 1. The lowest BCUT2D eigenvalue weighted by Gasteiger charge is -1.89. The van der Waals surface area contributed by atoms with Crippen molar-refractivity contribution in [2.45, 2.75) is 34.1 Å². The van der Waals surface area contributed by atoms with Gasteiger partial charge in [-0.1, -0.05) is 26.8 Å². The van der Waals surface area contributed by atoms with Crippen molar-refractivity contribution < 1.29 is 18.3 Å². The summed E-state index contributed by atoms with van der Waals surface area (Å²) in [5.41, 5.74) is 0.321. The first-order chi connectivity index (χ1) is 7.65. The fraction of sp³-hybridized carbons (Fsp3) is 0.500. The molecule has 0 saturated carbocycles. The minimum Gasteiger partial charge on any atom is -0.397 e. The molecule has 0 aromatic heterocycles. The number of allylic oxidation sites excluding steroid dienone is 4. The van der Waals surface area contributed by atoms with Crippen molar-refractivity contribution in [3.8, 4) is 0 Å². The fourth-order valence-corrected chi connectivity index (χ4v) is 0.454. The summed E-state index contributed by atoms with van der Waals surface area (Å²) in [6.45, 7) is 7.65. The summed E-state index contributed by atoms with van der Waals surface area (Å²) >= 11 is 0. The van der Waals surface area contributed by atoms with E-state index in [1.54, 1.807) is 13.8 Å². The molecule has 0 aliphatic carbocycles. The topological polar surface area (TPSA) is 20.2 Å². The average Bonchev–Trinajstić information content (AvgIpc) is 2.33. The standard InChI is InChI=1S/C8H9F3.C2H6O.C2H6/c1-2-7(5-9)3-4-8(11)6-10;1-2-3;1-2/h3-6H,2H2,1H3;3H,2H2,1H3;1-2H3/b4-3-,7-5+,8-6-;;. The molecule has 0 atom stereocenters. The summed E-state index contributed by atoms with van der Waals surface area (Å²) in [5.74, 6) is -1.02. The second kappa shape index (κ2) is 19.5. The quantitative estimate of drug-likeness (QED) is 0.712. The van der Waals surface area contributed by atoms with Crippen LogP contribution in [0.25, 0.3) is 0 Å². The molecule has 0 aromatic carbocycles. The van der Waals surface area contributed by atoms with Crippen molar-refractivity contribution in [2.75, 3.05) is 6.61 Å². The highest BCUT2D eigenvalue weighted by atomic mass is 19.2. The molecular formula is C12H21F3O. The Morgan fingerprint density at radius 3 is 1.75 bits per heavy atom. The van der Waals surface area contributed by atoms with E-state index in [0.29, 0.717) is 18.3 Å². The molecule has 0 radical (unpaired) electrons. The largest absolute Gasteiger partial charge is 0.397 e. The van der Waals surface area contributed by atoms with Crippen LogP contribution in [0.15, 0.2) is 36.2 Å². The zero-order chi connectivity index (χ0) is 13.4. The lowest BCUT2D eigenvalue weighted by molar-refractivity contribution is 0.318. The highest BCUT2D eigenvalue weighted by molar-refractivity contribution is 5.22. The van der Waals surface area contributed by atoms with Crippen LogP contribution >= 0.6 is 0 Å². The number of hydrogen-bond acceptors (Lipinski definition) is 1. The molecule has 0 spiro atoms. The van der Waals surface area contributed by atoms with Gasteiger partial charge < -0.3 is 5.11 Å². The van der Waals surface area contributed by atoms with Gasteiger partial charge in [-0.3, -0.25) is 0 Å². The van der Waals surface area contributed by atoms with Crippen LogP contribution in [-0.4, -0.2) is 11.7 Å². The zero-order valence-corrected chi connectivity index (χ0v) is 10.3. The van der Waals surface area contributed by atoms with Gasteiger partial charge in [0.15, 0.2) is 5.83 Å². The lowest BCUT2D eigenvalue weighted by atomic mass is 10.2. The predicted octanol–water partition coefficient (Wildman–Crippen LogP) is 4.61. The van der Waals surface area contributed by atoms with Crippen LogP contribution in [-0.2, 0) is 0 Å². The van der Waals surface area contributed by atoms with Crippen molar-refractivity contribution in [2.24, 2.45) is 0 Å². The molecule has 1 N–H and O–H groups in total. The minimum atomic E-state index is -1.02. The molecule has 96 valence electrons. The first kappa shape index (κ1) is 20.4. The highest BCUT2D eigenvalue weighted by Gasteiger charge is 1.89. The van der Waals surface area contributed by atoms with Crippen molar-refractivity contribution >= 4 is 0 Å². The maximum atomic E-state index is 12.0. The molecule has 0 bridgehead atoms. The second-order valence-electron chi connectivity index (χ2n) is 2.18. The van der Waals surface area contributed by atoms with E-state index in [0.717, 1.165) is 6.08 Å². The summed E-state index contributed by atoms with van der Waals surface area (Å²) in [5, 5.41) is 7.57. The summed E-state index contributed by atoms with van der Waals surface area (Å²) < 4.78 is 35.1. The number of halogens is 3. The SMILES string of the molecule is CC.CCC(/C=C\C(F)=C\F)=C\F.CCO. The van der Waals surface area contributed by atoms with E-state index in [1.165, 1.54) is 6.08 Å². The summed E-state index contributed by atoms with van der Waals surface area (Å²) in [6, 6.07) is 0. The van der Waals surface area contributed by atoms with Crippen LogP contribution in [0.5, 0.6) is 0 Å². The minimum absolute atomic E-state index is 0.179. The van der Waals surface area contributed by atoms with Gasteiger partial charge in [0.25, 0.3) is 0 Å². The molecule has 0 aliphatic heterocycles. The first-order valence-electron chi connectivity index (χ1n) is 5.20. The molecule has 0 heterocycles. The Bertz CT molecular complexity index is 208. The summed E-state index contributed by atoms with van der Waals surface area (Å²) in [4.78, 5) is 0. The van der Waals surface area contributed by atoms with Crippen LogP contribution in [0.3, 0.4) is 0 Å².